The summed E-state index contributed by atoms with van der Waals surface area (Å²) in [6, 6.07) is 14.8. The maximum atomic E-state index is 15.8. The maximum absolute atomic E-state index is 15.8. The number of ether oxygens (including phenoxy) is 9. The molecule has 396 valence electrons. The molecule has 3 aliphatic carbocycles. The van der Waals surface area contributed by atoms with E-state index in [0.29, 0.717) is 12.2 Å². The van der Waals surface area contributed by atoms with E-state index in [0.717, 1.165) is 19.3 Å². The van der Waals surface area contributed by atoms with Gasteiger partial charge in [-0.25, -0.2) is 19.2 Å². The van der Waals surface area contributed by atoms with Crippen molar-refractivity contribution >= 4 is 35.8 Å². The van der Waals surface area contributed by atoms with Crippen LogP contribution in [0.1, 0.15) is 116 Å². The van der Waals surface area contributed by atoms with Gasteiger partial charge >= 0.3 is 30.0 Å². The molecule has 0 spiro atoms. The molecule has 0 aromatic heterocycles. The quantitative estimate of drug-likeness (QED) is 0.0602. The number of carbonyl (C=O) groups is 6. The number of carbonyl (C=O) groups excluding carboxylic acids is 6. The van der Waals surface area contributed by atoms with E-state index in [2.05, 4.69) is 12.2 Å². The van der Waals surface area contributed by atoms with E-state index in [1.807, 2.05) is 0 Å². The van der Waals surface area contributed by atoms with Gasteiger partial charge in [0, 0.05) is 38.9 Å². The van der Waals surface area contributed by atoms with E-state index in [1.165, 1.54) is 26.2 Å². The van der Waals surface area contributed by atoms with Crippen LogP contribution < -0.4 is 5.32 Å². The molecule has 2 bridgehead atoms. The van der Waals surface area contributed by atoms with Crippen LogP contribution in [-0.4, -0.2) is 140 Å². The van der Waals surface area contributed by atoms with Gasteiger partial charge < -0.3 is 58.2 Å². The predicted octanol–water partition coefficient (Wildman–Crippen LogP) is 5.94. The van der Waals surface area contributed by atoms with Crippen molar-refractivity contribution in [2.45, 2.75) is 148 Å². The summed E-state index contributed by atoms with van der Waals surface area (Å²) in [5.74, 6) is -7.14. The number of fused-ring (bicyclic) bond motifs is 5. The summed E-state index contributed by atoms with van der Waals surface area (Å²) in [4.78, 5) is 85.9. The van der Waals surface area contributed by atoms with Crippen LogP contribution >= 0.6 is 0 Å². The lowest BCUT2D eigenvalue weighted by Crippen LogP contribution is -2.81. The molecule has 3 fully saturated rings. The molecule has 1 amide bonds. The third-order valence-corrected chi connectivity index (χ3v) is 14.9. The highest BCUT2D eigenvalue weighted by Gasteiger charge is 2.78. The first-order valence-corrected chi connectivity index (χ1v) is 24.8. The van der Waals surface area contributed by atoms with Crippen LogP contribution in [0, 0.1) is 22.7 Å². The number of aliphatic hydroxyl groups excluding tert-OH is 1. The van der Waals surface area contributed by atoms with Gasteiger partial charge in [-0.05, 0) is 69.9 Å². The van der Waals surface area contributed by atoms with Gasteiger partial charge in [-0.2, -0.15) is 0 Å². The first-order chi connectivity index (χ1) is 34.0. The molecule has 6 rings (SSSR count). The predicted molar refractivity (Wildman–Crippen MR) is 258 cm³/mol. The van der Waals surface area contributed by atoms with E-state index in [1.54, 1.807) is 97.0 Å². The number of esters is 4. The number of unbranched alkanes of at least 4 members (excludes halogenated alkanes) is 2. The zero-order valence-electron chi connectivity index (χ0n) is 43.2. The van der Waals surface area contributed by atoms with Crippen LogP contribution in [0.4, 0.5) is 4.79 Å². The molecule has 1 aliphatic heterocycles. The van der Waals surface area contributed by atoms with Crippen LogP contribution in [0.3, 0.4) is 0 Å². The standard InChI is InChI=1S/C54H73NO17/c1-11-12-19-24-65-25-26-66-30-40(58)69-43(42(34-20-15-13-16-21-34)55-49(62)72-50(4,5)6)48(61)68-37-28-54(63)46(70-47(60)35-22-17-14-18-23-35)44-52(9,45(59)36(29-56)41(32(37)2)51(54,7)8)38(64-10)27-39-53(44,31-67-39)71-33(3)57/h13-18,20-23,36-39,42-44,46,56,63H,11-12,19,24-31H2,1-10H3,(H,55,62)/t36-,37+,38+,39-,42+,43-,44+,46+,52-,53+,54-/m1/s1. The molecular formula is C54H73NO17. The largest absolute Gasteiger partial charge is 0.455 e. The number of ketones is 1. The Morgan fingerprint density at radius 1 is 0.917 bits per heavy atom. The zero-order valence-corrected chi connectivity index (χ0v) is 43.2. The SMILES string of the molecule is CCCCCOCCOCC(=O)O[C@@H](C(=O)O[C@H]1C[C@@]2(O)[C@@H](OC(=O)c3ccccc3)[C@@H]3[C@]4(OC(C)=O)CO[C@@H]4C[C@H](OC)[C@@]3(C)C(=O)[C@H](CO)C(=C1C)C2(C)C)[C@@H](NC(=O)OC(C)(C)C)c1ccccc1. The maximum Gasteiger partial charge on any atom is 0.408 e. The van der Waals surface area contributed by atoms with E-state index < -0.39 is 131 Å². The Hall–Kier alpha value is -5.24. The average molecular weight is 1010 g/mol. The fourth-order valence-corrected chi connectivity index (χ4v) is 11.4. The molecule has 0 unspecified atom stereocenters. The number of alkyl carbamates (subject to hydrolysis) is 1. The van der Waals surface area contributed by atoms with Gasteiger partial charge in [0.2, 0.25) is 6.10 Å². The molecule has 11 atom stereocenters. The summed E-state index contributed by atoms with van der Waals surface area (Å²) in [6.07, 6.45) is -5.50. The third-order valence-electron chi connectivity index (χ3n) is 14.9. The lowest BCUT2D eigenvalue weighted by atomic mass is 9.43. The summed E-state index contributed by atoms with van der Waals surface area (Å²) in [5, 5.41) is 28.1. The number of nitrogens with one attached hydrogen (secondary N) is 1. The second-order valence-corrected chi connectivity index (χ2v) is 21.0. The smallest absolute Gasteiger partial charge is 0.408 e. The molecule has 72 heavy (non-hydrogen) atoms. The van der Waals surface area contributed by atoms with Crippen molar-refractivity contribution in [1.29, 1.82) is 0 Å². The van der Waals surface area contributed by atoms with Crippen LogP contribution in [0.2, 0.25) is 0 Å². The first-order valence-electron chi connectivity index (χ1n) is 24.8. The third kappa shape index (κ3) is 11.3. The van der Waals surface area contributed by atoms with E-state index in [9.17, 15) is 29.4 Å². The minimum absolute atomic E-state index is 0.0371. The molecule has 2 saturated carbocycles. The number of aliphatic hydroxyl groups is 2. The molecular weight excluding hydrogens is 935 g/mol. The van der Waals surface area contributed by atoms with Crippen LogP contribution in [-0.2, 0) is 61.8 Å². The highest BCUT2D eigenvalue weighted by atomic mass is 16.6. The van der Waals surface area contributed by atoms with Crippen LogP contribution in [0.15, 0.2) is 71.8 Å². The zero-order chi connectivity index (χ0) is 52.8. The van der Waals surface area contributed by atoms with Crippen LogP contribution in [0.25, 0.3) is 0 Å². The number of hydrogen-bond acceptors (Lipinski definition) is 17. The van der Waals surface area contributed by atoms with Gasteiger partial charge in [-0.15, -0.1) is 0 Å². The van der Waals surface area contributed by atoms with E-state index in [-0.39, 0.29) is 43.0 Å². The van der Waals surface area contributed by atoms with Crippen molar-refractivity contribution in [3.63, 3.8) is 0 Å². The second kappa shape index (κ2) is 22.9. The van der Waals surface area contributed by atoms with Gasteiger partial charge in [0.05, 0.1) is 55.3 Å². The van der Waals surface area contributed by atoms with Gasteiger partial charge in [0.1, 0.15) is 42.2 Å². The minimum atomic E-state index is -2.33. The Labute approximate surface area is 421 Å². The first kappa shape index (κ1) is 56.1. The number of rotatable bonds is 20. The fraction of sp³-hybridized carbons (Fsp3) is 0.630. The Morgan fingerprint density at radius 2 is 1.57 bits per heavy atom. The molecule has 0 radical (unpaired) electrons. The lowest BCUT2D eigenvalue weighted by molar-refractivity contribution is -0.347. The molecule has 2 aromatic carbocycles. The number of benzene rings is 2. The van der Waals surface area contributed by atoms with Gasteiger partial charge in [0.15, 0.2) is 11.4 Å². The van der Waals surface area contributed by atoms with Gasteiger partial charge in [-0.1, -0.05) is 82.1 Å². The molecule has 1 heterocycles. The van der Waals surface area contributed by atoms with Crippen molar-refractivity contribution in [2.75, 3.05) is 46.8 Å². The Bertz CT molecular complexity index is 2300. The highest BCUT2D eigenvalue weighted by Crippen LogP contribution is 2.65. The number of Topliss-reactive ketones (excluding diaryl/α,β-unsaturated/α-hetero) is 1. The summed E-state index contributed by atoms with van der Waals surface area (Å²) in [5.41, 5.74) is -7.40. The van der Waals surface area contributed by atoms with Crippen molar-refractivity contribution in [1.82, 2.24) is 5.32 Å². The van der Waals surface area contributed by atoms with E-state index >= 15 is 9.59 Å². The molecule has 1 saturated heterocycles. The normalized spacial score (nSPS) is 29.4. The lowest BCUT2D eigenvalue weighted by Gasteiger charge is -2.68. The number of methoxy groups -OCH3 is 1. The van der Waals surface area contributed by atoms with Crippen molar-refractivity contribution < 1.29 is 81.6 Å². The average Bonchev–Trinajstić information content (AvgIpc) is 3.32. The van der Waals surface area contributed by atoms with Crippen molar-refractivity contribution in [2.24, 2.45) is 22.7 Å². The molecule has 3 N–H and O–H groups in total. The summed E-state index contributed by atoms with van der Waals surface area (Å²) < 4.78 is 54.0. The van der Waals surface area contributed by atoms with Gasteiger partial charge in [0.25, 0.3) is 0 Å². The monoisotopic (exact) mass is 1010 g/mol. The minimum Gasteiger partial charge on any atom is -0.455 e. The Morgan fingerprint density at radius 3 is 2.15 bits per heavy atom. The fourth-order valence-electron chi connectivity index (χ4n) is 11.4. The molecule has 18 heteroatoms. The molecule has 4 aliphatic rings. The summed E-state index contributed by atoms with van der Waals surface area (Å²) in [7, 11) is 1.41. The molecule has 2 aromatic rings. The van der Waals surface area contributed by atoms with Gasteiger partial charge in [-0.3, -0.25) is 9.59 Å². The summed E-state index contributed by atoms with van der Waals surface area (Å²) in [6.45, 7) is 13.9. The van der Waals surface area contributed by atoms with Crippen LogP contribution in [0.5, 0.6) is 0 Å². The topological polar surface area (TPSA) is 238 Å². The molecule has 18 nitrogen and oxygen atoms in total. The van der Waals surface area contributed by atoms with Crippen molar-refractivity contribution in [3.8, 4) is 0 Å². The number of amides is 1. The number of hydrogen-bond donors (Lipinski definition) is 3. The second-order valence-electron chi connectivity index (χ2n) is 21.0. The summed E-state index contributed by atoms with van der Waals surface area (Å²) >= 11 is 0. The Kier molecular flexibility index (Phi) is 17.8. The van der Waals surface area contributed by atoms with Crippen molar-refractivity contribution in [3.05, 3.63) is 82.9 Å². The highest BCUT2D eigenvalue weighted by molar-refractivity contribution is 5.93. The Balaban J connectivity index is 1.48. The van der Waals surface area contributed by atoms with E-state index in [4.69, 9.17) is 42.6 Å².